The number of hydrogen-bond acceptors (Lipinski definition) is 0. The Morgan fingerprint density at radius 2 is 2.20 bits per heavy atom. The molecule has 0 saturated heterocycles. The summed E-state index contributed by atoms with van der Waals surface area (Å²) < 4.78 is 0. The van der Waals surface area contributed by atoms with Gasteiger partial charge in [0, 0.05) is 18.9 Å². The zero-order chi connectivity index (χ0) is 6.81. The first-order valence-corrected chi connectivity index (χ1v) is 4.26. The highest BCUT2D eigenvalue weighted by atomic mass is 14.2. The SMILES string of the molecule is [C+]1=C2CCCC=C2CCC1. The molecule has 0 N–H and O–H groups in total. The highest BCUT2D eigenvalue weighted by Crippen LogP contribution is 2.31. The van der Waals surface area contributed by atoms with E-state index in [0.29, 0.717) is 0 Å². The van der Waals surface area contributed by atoms with Crippen LogP contribution in [0.5, 0.6) is 0 Å². The minimum absolute atomic E-state index is 1.20. The standard InChI is InChI=1S/C10H13/c1-2-6-10-8-4-3-7-9(10)5-1/h5H,1-4,6-7H2/q+1. The Kier molecular flexibility index (Phi) is 1.56. The molecule has 0 nitrogen and oxygen atoms in total. The molecule has 0 aromatic heterocycles. The van der Waals surface area contributed by atoms with Crippen LogP contribution in [-0.2, 0) is 0 Å². The molecule has 0 atom stereocenters. The second-order valence-corrected chi connectivity index (χ2v) is 3.13. The molecular weight excluding hydrogens is 120 g/mol. The Balaban J connectivity index is 2.25. The van der Waals surface area contributed by atoms with Crippen LogP contribution < -0.4 is 0 Å². The Labute approximate surface area is 62.6 Å². The summed E-state index contributed by atoms with van der Waals surface area (Å²) >= 11 is 0. The van der Waals surface area contributed by atoms with Crippen molar-refractivity contribution in [2.75, 3.05) is 0 Å². The third kappa shape index (κ3) is 0.998. The van der Waals surface area contributed by atoms with Gasteiger partial charge in [0.1, 0.15) is 0 Å². The van der Waals surface area contributed by atoms with E-state index in [2.05, 4.69) is 12.2 Å². The van der Waals surface area contributed by atoms with Crippen molar-refractivity contribution in [2.45, 2.75) is 38.5 Å². The first-order chi connectivity index (χ1) is 4.97. The molecule has 0 aromatic rings. The van der Waals surface area contributed by atoms with Gasteiger partial charge in [0.2, 0.25) is 0 Å². The molecule has 0 spiro atoms. The predicted octanol–water partition coefficient (Wildman–Crippen LogP) is 3.01. The summed E-state index contributed by atoms with van der Waals surface area (Å²) in [6.07, 6.45) is 13.7. The van der Waals surface area contributed by atoms with Crippen LogP contribution in [0.25, 0.3) is 0 Å². The molecule has 0 heteroatoms. The Morgan fingerprint density at radius 1 is 1.20 bits per heavy atom. The average molecular weight is 133 g/mol. The van der Waals surface area contributed by atoms with Crippen molar-refractivity contribution < 1.29 is 0 Å². The summed E-state index contributed by atoms with van der Waals surface area (Å²) in [4.78, 5) is 0. The van der Waals surface area contributed by atoms with E-state index in [0.717, 1.165) is 0 Å². The predicted molar refractivity (Wildman–Crippen MR) is 42.5 cm³/mol. The fourth-order valence-electron chi connectivity index (χ4n) is 1.81. The van der Waals surface area contributed by atoms with Crippen molar-refractivity contribution in [2.24, 2.45) is 0 Å². The minimum atomic E-state index is 1.20. The van der Waals surface area contributed by atoms with Gasteiger partial charge < -0.3 is 0 Å². The maximum atomic E-state index is 3.47. The van der Waals surface area contributed by atoms with Crippen LogP contribution in [0.15, 0.2) is 17.2 Å². The van der Waals surface area contributed by atoms with E-state index < -0.39 is 0 Å². The van der Waals surface area contributed by atoms with E-state index in [4.69, 9.17) is 0 Å². The summed E-state index contributed by atoms with van der Waals surface area (Å²) in [7, 11) is 0. The van der Waals surface area contributed by atoms with Crippen LogP contribution in [-0.4, -0.2) is 0 Å². The van der Waals surface area contributed by atoms with Gasteiger partial charge in [-0.2, -0.15) is 0 Å². The molecule has 0 fully saturated rings. The third-order valence-electron chi connectivity index (χ3n) is 2.37. The molecule has 2 aliphatic carbocycles. The van der Waals surface area contributed by atoms with E-state index in [1.54, 1.807) is 5.57 Å². The Hall–Kier alpha value is -0.610. The second-order valence-electron chi connectivity index (χ2n) is 3.13. The second kappa shape index (κ2) is 2.56. The molecule has 0 unspecified atom stereocenters. The van der Waals surface area contributed by atoms with Crippen LogP contribution in [0.4, 0.5) is 0 Å². The molecule has 10 heavy (non-hydrogen) atoms. The largest absolute Gasteiger partial charge is 0.169 e. The molecule has 0 aromatic carbocycles. The molecule has 0 radical (unpaired) electrons. The van der Waals surface area contributed by atoms with Crippen LogP contribution in [0, 0.1) is 6.08 Å². The third-order valence-corrected chi connectivity index (χ3v) is 2.37. The molecule has 2 rings (SSSR count). The lowest BCUT2D eigenvalue weighted by molar-refractivity contribution is 0.705. The average Bonchev–Trinajstić information content (AvgIpc) is 2.05. The minimum Gasteiger partial charge on any atom is -0.0397 e. The fourth-order valence-corrected chi connectivity index (χ4v) is 1.81. The molecule has 0 aliphatic heterocycles. The van der Waals surface area contributed by atoms with Crippen LogP contribution in [0.1, 0.15) is 38.5 Å². The topological polar surface area (TPSA) is 0 Å². The van der Waals surface area contributed by atoms with Gasteiger partial charge in [-0.3, -0.25) is 0 Å². The van der Waals surface area contributed by atoms with E-state index in [1.165, 1.54) is 44.1 Å². The van der Waals surface area contributed by atoms with Gasteiger partial charge in [-0.05, 0) is 19.3 Å². The molecule has 52 valence electrons. The Bertz CT molecular complexity index is 162. The van der Waals surface area contributed by atoms with Crippen LogP contribution >= 0.6 is 0 Å². The van der Waals surface area contributed by atoms with Gasteiger partial charge in [0.05, 0.1) is 18.1 Å². The zero-order valence-corrected chi connectivity index (χ0v) is 6.32. The molecule has 0 heterocycles. The fraction of sp³-hybridized carbons (Fsp3) is 0.600. The first kappa shape index (κ1) is 6.12. The summed E-state index contributed by atoms with van der Waals surface area (Å²) in [5, 5.41) is 0. The first-order valence-electron chi connectivity index (χ1n) is 4.26. The highest BCUT2D eigenvalue weighted by molar-refractivity contribution is 5.32. The van der Waals surface area contributed by atoms with Gasteiger partial charge in [-0.15, -0.1) is 0 Å². The van der Waals surface area contributed by atoms with Crippen molar-refractivity contribution in [3.05, 3.63) is 23.3 Å². The van der Waals surface area contributed by atoms with Gasteiger partial charge >= 0.3 is 0 Å². The molecule has 0 amide bonds. The number of hydrogen-bond donors (Lipinski definition) is 0. The maximum Gasteiger partial charge on any atom is 0.169 e. The quantitative estimate of drug-likeness (QED) is 0.445. The van der Waals surface area contributed by atoms with E-state index >= 15 is 0 Å². The molecule has 0 saturated carbocycles. The van der Waals surface area contributed by atoms with Crippen LogP contribution in [0.3, 0.4) is 0 Å². The van der Waals surface area contributed by atoms with Crippen molar-refractivity contribution in [3.63, 3.8) is 0 Å². The monoisotopic (exact) mass is 133 g/mol. The Morgan fingerprint density at radius 3 is 3.10 bits per heavy atom. The van der Waals surface area contributed by atoms with Gasteiger partial charge in [0.15, 0.2) is 5.57 Å². The maximum absolute atomic E-state index is 3.47. The van der Waals surface area contributed by atoms with E-state index in [9.17, 15) is 0 Å². The van der Waals surface area contributed by atoms with E-state index in [-0.39, 0.29) is 0 Å². The lowest BCUT2D eigenvalue weighted by Crippen LogP contribution is -2.01. The van der Waals surface area contributed by atoms with Gasteiger partial charge in [-0.1, -0.05) is 0 Å². The zero-order valence-electron chi connectivity index (χ0n) is 6.32. The van der Waals surface area contributed by atoms with Gasteiger partial charge in [0.25, 0.3) is 0 Å². The van der Waals surface area contributed by atoms with Crippen molar-refractivity contribution in [1.29, 1.82) is 0 Å². The van der Waals surface area contributed by atoms with Gasteiger partial charge in [-0.25, -0.2) is 0 Å². The lowest BCUT2D eigenvalue weighted by atomic mass is 9.86. The number of fused-ring (bicyclic) bond motifs is 1. The lowest BCUT2D eigenvalue weighted by Gasteiger charge is -2.09. The summed E-state index contributed by atoms with van der Waals surface area (Å²) in [5.74, 6) is 0. The normalized spacial score (nSPS) is 24.0. The summed E-state index contributed by atoms with van der Waals surface area (Å²) in [6, 6.07) is 0. The van der Waals surface area contributed by atoms with E-state index in [1.807, 2.05) is 0 Å². The highest BCUT2D eigenvalue weighted by Gasteiger charge is 2.23. The molecule has 2 aliphatic rings. The van der Waals surface area contributed by atoms with Crippen LogP contribution in [0.2, 0.25) is 0 Å². The number of allylic oxidation sites excluding steroid dienone is 4. The van der Waals surface area contributed by atoms with Crippen molar-refractivity contribution >= 4 is 0 Å². The van der Waals surface area contributed by atoms with Crippen molar-refractivity contribution in [1.82, 2.24) is 0 Å². The molecular formula is C10H13+. The smallest absolute Gasteiger partial charge is 0.0397 e. The number of rotatable bonds is 0. The van der Waals surface area contributed by atoms with Crippen molar-refractivity contribution in [3.8, 4) is 0 Å². The molecule has 0 bridgehead atoms. The summed E-state index contributed by atoms with van der Waals surface area (Å²) in [6.45, 7) is 0. The summed E-state index contributed by atoms with van der Waals surface area (Å²) in [5.41, 5.74) is 3.15.